The van der Waals surface area contributed by atoms with E-state index in [0.29, 0.717) is 12.5 Å². The lowest BCUT2D eigenvalue weighted by Crippen LogP contribution is -2.41. The van der Waals surface area contributed by atoms with Crippen molar-refractivity contribution in [3.63, 3.8) is 0 Å². The van der Waals surface area contributed by atoms with Crippen LogP contribution in [-0.2, 0) is 9.53 Å². The highest BCUT2D eigenvalue weighted by molar-refractivity contribution is 5.85. The van der Waals surface area contributed by atoms with Gasteiger partial charge in [-0.3, -0.25) is 4.79 Å². The number of nitrogens with two attached hydrogens (primary N) is 1. The van der Waals surface area contributed by atoms with E-state index in [4.69, 9.17) is 10.5 Å². The molecule has 4 nitrogen and oxygen atoms in total. The van der Waals surface area contributed by atoms with Crippen molar-refractivity contribution in [2.75, 3.05) is 26.8 Å². The van der Waals surface area contributed by atoms with Gasteiger partial charge in [-0.15, -0.1) is 12.4 Å². The Morgan fingerprint density at radius 1 is 1.29 bits per heavy atom. The number of carbonyl (C=O) groups excluding carboxylic acids is 1. The number of amides is 1. The third kappa shape index (κ3) is 4.83. The van der Waals surface area contributed by atoms with E-state index in [9.17, 15) is 4.79 Å². The summed E-state index contributed by atoms with van der Waals surface area (Å²) < 4.78 is 5.24. The quantitative estimate of drug-likeness (QED) is 0.758. The molecule has 0 aliphatic heterocycles. The number of ether oxygens (including phenoxy) is 1. The van der Waals surface area contributed by atoms with E-state index in [2.05, 4.69) is 5.32 Å². The van der Waals surface area contributed by atoms with Gasteiger partial charge in [0.2, 0.25) is 5.91 Å². The molecule has 2 rings (SSSR count). The molecule has 2 fully saturated rings. The minimum absolute atomic E-state index is 0. The fourth-order valence-corrected chi connectivity index (χ4v) is 4.03. The Labute approximate surface area is 135 Å². The standard InChI is InChI=1S/C16H30N2O2.ClH/c1-20-10-9-16(7-2-3-8-16)12-18-15(19)14-6-4-5-13(14)11-17;/h13-14H,2-12,17H2,1H3,(H,18,19);1H/t13-,14-;/m1./s1. The van der Waals surface area contributed by atoms with Crippen LogP contribution in [0, 0.1) is 17.3 Å². The number of hydrogen-bond acceptors (Lipinski definition) is 3. The van der Waals surface area contributed by atoms with E-state index in [-0.39, 0.29) is 29.6 Å². The van der Waals surface area contributed by atoms with Gasteiger partial charge < -0.3 is 15.8 Å². The first-order valence-corrected chi connectivity index (χ1v) is 8.17. The maximum atomic E-state index is 12.4. The summed E-state index contributed by atoms with van der Waals surface area (Å²) in [5.41, 5.74) is 6.06. The van der Waals surface area contributed by atoms with Crippen LogP contribution in [0.1, 0.15) is 51.4 Å². The molecular weight excluding hydrogens is 288 g/mol. The lowest BCUT2D eigenvalue weighted by molar-refractivity contribution is -0.126. The monoisotopic (exact) mass is 318 g/mol. The van der Waals surface area contributed by atoms with Crippen LogP contribution in [0.4, 0.5) is 0 Å². The zero-order valence-electron chi connectivity index (χ0n) is 13.2. The predicted octanol–water partition coefficient (Wildman–Crippen LogP) is 2.50. The minimum Gasteiger partial charge on any atom is -0.385 e. The van der Waals surface area contributed by atoms with E-state index in [1.165, 1.54) is 25.7 Å². The summed E-state index contributed by atoms with van der Waals surface area (Å²) in [7, 11) is 1.76. The molecule has 2 aliphatic carbocycles. The van der Waals surface area contributed by atoms with E-state index >= 15 is 0 Å². The molecule has 0 spiro atoms. The van der Waals surface area contributed by atoms with E-state index in [1.54, 1.807) is 7.11 Å². The third-order valence-electron chi connectivity index (χ3n) is 5.44. The maximum absolute atomic E-state index is 12.4. The van der Waals surface area contributed by atoms with Crippen molar-refractivity contribution in [1.29, 1.82) is 0 Å². The van der Waals surface area contributed by atoms with Crippen LogP contribution in [-0.4, -0.2) is 32.7 Å². The summed E-state index contributed by atoms with van der Waals surface area (Å²) in [6.07, 6.45) is 9.36. The smallest absolute Gasteiger partial charge is 0.223 e. The van der Waals surface area contributed by atoms with Crippen LogP contribution < -0.4 is 11.1 Å². The normalized spacial score (nSPS) is 27.3. The molecule has 1 amide bonds. The summed E-state index contributed by atoms with van der Waals surface area (Å²) >= 11 is 0. The van der Waals surface area contributed by atoms with Gasteiger partial charge in [0.1, 0.15) is 0 Å². The molecule has 0 unspecified atom stereocenters. The molecule has 2 aliphatic rings. The summed E-state index contributed by atoms with van der Waals surface area (Å²) in [5.74, 6) is 0.788. The van der Waals surface area contributed by atoms with Crippen molar-refractivity contribution >= 4 is 18.3 Å². The van der Waals surface area contributed by atoms with Crippen LogP contribution in [0.5, 0.6) is 0 Å². The minimum atomic E-state index is 0. The highest BCUT2D eigenvalue weighted by atomic mass is 35.5. The first kappa shape index (κ1) is 18.7. The van der Waals surface area contributed by atoms with E-state index in [1.807, 2.05) is 0 Å². The number of hydrogen-bond donors (Lipinski definition) is 2. The Kier molecular flexibility index (Phi) is 7.99. The Hall–Kier alpha value is -0.320. The van der Waals surface area contributed by atoms with Crippen LogP contribution in [0.2, 0.25) is 0 Å². The molecule has 0 bridgehead atoms. The topological polar surface area (TPSA) is 64.3 Å². The first-order chi connectivity index (χ1) is 9.71. The van der Waals surface area contributed by atoms with Gasteiger partial charge >= 0.3 is 0 Å². The fraction of sp³-hybridized carbons (Fsp3) is 0.938. The van der Waals surface area contributed by atoms with Crippen molar-refractivity contribution in [3.05, 3.63) is 0 Å². The average molecular weight is 319 g/mol. The molecule has 0 radical (unpaired) electrons. The molecule has 0 saturated heterocycles. The molecule has 5 heteroatoms. The third-order valence-corrected chi connectivity index (χ3v) is 5.44. The van der Waals surface area contributed by atoms with Gasteiger partial charge in [-0.05, 0) is 50.0 Å². The van der Waals surface area contributed by atoms with Gasteiger partial charge in [-0.2, -0.15) is 0 Å². The average Bonchev–Trinajstić information content (AvgIpc) is 3.12. The van der Waals surface area contributed by atoms with E-state index in [0.717, 1.165) is 38.8 Å². The van der Waals surface area contributed by atoms with Gasteiger partial charge in [-0.25, -0.2) is 0 Å². The van der Waals surface area contributed by atoms with Gasteiger partial charge in [0.25, 0.3) is 0 Å². The van der Waals surface area contributed by atoms with Crippen LogP contribution in [0.15, 0.2) is 0 Å². The summed E-state index contributed by atoms with van der Waals surface area (Å²) in [6, 6.07) is 0. The largest absolute Gasteiger partial charge is 0.385 e. The molecule has 2 saturated carbocycles. The Balaban J connectivity index is 0.00000220. The molecule has 124 valence electrons. The van der Waals surface area contributed by atoms with Crippen LogP contribution >= 0.6 is 12.4 Å². The highest BCUT2D eigenvalue weighted by Crippen LogP contribution is 2.40. The van der Waals surface area contributed by atoms with Crippen LogP contribution in [0.3, 0.4) is 0 Å². The summed E-state index contributed by atoms with van der Waals surface area (Å²) in [5, 5.41) is 3.23. The van der Waals surface area contributed by atoms with Crippen molar-refractivity contribution in [2.24, 2.45) is 23.0 Å². The highest BCUT2D eigenvalue weighted by Gasteiger charge is 2.36. The second kappa shape index (κ2) is 8.96. The molecule has 2 atom stereocenters. The summed E-state index contributed by atoms with van der Waals surface area (Å²) in [6.45, 7) is 2.26. The van der Waals surface area contributed by atoms with Crippen LogP contribution in [0.25, 0.3) is 0 Å². The molecule has 21 heavy (non-hydrogen) atoms. The maximum Gasteiger partial charge on any atom is 0.223 e. The Bertz CT molecular complexity index is 319. The number of nitrogens with one attached hydrogen (secondary N) is 1. The number of halogens is 1. The zero-order valence-corrected chi connectivity index (χ0v) is 14.1. The number of carbonyl (C=O) groups is 1. The van der Waals surface area contributed by atoms with Crippen molar-refractivity contribution in [2.45, 2.75) is 51.4 Å². The fourth-order valence-electron chi connectivity index (χ4n) is 4.03. The molecular formula is C16H31ClN2O2. The second-order valence-electron chi connectivity index (χ2n) is 6.70. The van der Waals surface area contributed by atoms with Gasteiger partial charge in [0.05, 0.1) is 0 Å². The second-order valence-corrected chi connectivity index (χ2v) is 6.70. The van der Waals surface area contributed by atoms with Crippen molar-refractivity contribution in [3.8, 4) is 0 Å². The first-order valence-electron chi connectivity index (χ1n) is 8.17. The van der Waals surface area contributed by atoms with E-state index < -0.39 is 0 Å². The molecule has 0 aromatic heterocycles. The molecule has 3 N–H and O–H groups in total. The SMILES string of the molecule is COCCC1(CNC(=O)[C@@H]2CCC[C@@H]2CN)CCCC1.Cl. The number of methoxy groups -OCH3 is 1. The lowest BCUT2D eigenvalue weighted by Gasteiger charge is -2.30. The Morgan fingerprint density at radius 3 is 2.62 bits per heavy atom. The van der Waals surface area contributed by atoms with Crippen molar-refractivity contribution in [1.82, 2.24) is 5.32 Å². The number of rotatable bonds is 7. The van der Waals surface area contributed by atoms with Crippen molar-refractivity contribution < 1.29 is 9.53 Å². The molecule has 0 aromatic rings. The Morgan fingerprint density at radius 2 is 2.00 bits per heavy atom. The van der Waals surface area contributed by atoms with Gasteiger partial charge in [-0.1, -0.05) is 19.3 Å². The van der Waals surface area contributed by atoms with Gasteiger partial charge in [0.15, 0.2) is 0 Å². The predicted molar refractivity (Wildman–Crippen MR) is 87.5 cm³/mol. The van der Waals surface area contributed by atoms with Gasteiger partial charge in [0, 0.05) is 26.2 Å². The molecule has 0 aromatic carbocycles. The summed E-state index contributed by atoms with van der Waals surface area (Å²) in [4.78, 5) is 12.4. The molecule has 0 heterocycles. The lowest BCUT2D eigenvalue weighted by atomic mass is 9.82. The zero-order chi connectivity index (χ0) is 14.4.